The highest BCUT2D eigenvalue weighted by molar-refractivity contribution is 6.32. The van der Waals surface area contributed by atoms with Crippen molar-refractivity contribution in [2.45, 2.75) is 13.8 Å². The lowest BCUT2D eigenvalue weighted by Crippen LogP contribution is -2.39. The van der Waals surface area contributed by atoms with Crippen molar-refractivity contribution in [3.8, 4) is 0 Å². The van der Waals surface area contributed by atoms with E-state index < -0.39 is 0 Å². The number of halogens is 1. The van der Waals surface area contributed by atoms with E-state index in [1.807, 2.05) is 19.0 Å². The SMILES string of the molecule is CC(C)CN(CCN(C)C)C(=O)c1cccnc1Cl. The number of rotatable bonds is 6. The highest BCUT2D eigenvalue weighted by atomic mass is 35.5. The monoisotopic (exact) mass is 283 g/mol. The largest absolute Gasteiger partial charge is 0.337 e. The van der Waals surface area contributed by atoms with Gasteiger partial charge in [-0.25, -0.2) is 4.98 Å². The van der Waals surface area contributed by atoms with Crippen LogP contribution in [0.3, 0.4) is 0 Å². The third kappa shape index (κ3) is 5.17. The van der Waals surface area contributed by atoms with E-state index in [-0.39, 0.29) is 11.1 Å². The summed E-state index contributed by atoms with van der Waals surface area (Å²) in [5.41, 5.74) is 0.476. The molecule has 0 spiro atoms. The summed E-state index contributed by atoms with van der Waals surface area (Å²) in [5.74, 6) is 0.371. The first-order valence-electron chi connectivity index (χ1n) is 6.46. The number of hydrogen-bond donors (Lipinski definition) is 0. The third-order valence-corrected chi connectivity index (χ3v) is 2.98. The zero-order valence-electron chi connectivity index (χ0n) is 12.1. The van der Waals surface area contributed by atoms with Gasteiger partial charge in [-0.1, -0.05) is 25.4 Å². The number of carbonyl (C=O) groups excluding carboxylic acids is 1. The van der Waals surface area contributed by atoms with Gasteiger partial charge in [0.2, 0.25) is 0 Å². The van der Waals surface area contributed by atoms with E-state index in [4.69, 9.17) is 11.6 Å². The number of likely N-dealkylation sites (N-methyl/N-ethyl adjacent to an activating group) is 1. The Morgan fingerprint density at radius 1 is 1.37 bits per heavy atom. The summed E-state index contributed by atoms with van der Waals surface area (Å²) < 4.78 is 0. The van der Waals surface area contributed by atoms with Crippen LogP contribution in [-0.2, 0) is 0 Å². The molecular formula is C14H22ClN3O. The van der Waals surface area contributed by atoms with Gasteiger partial charge in [0.25, 0.3) is 5.91 Å². The normalized spacial score (nSPS) is 11.1. The van der Waals surface area contributed by atoms with Crippen molar-refractivity contribution < 1.29 is 4.79 Å². The molecule has 0 radical (unpaired) electrons. The molecule has 0 aliphatic rings. The Bertz CT molecular complexity index is 421. The van der Waals surface area contributed by atoms with Crippen LogP contribution in [-0.4, -0.2) is 54.4 Å². The van der Waals surface area contributed by atoms with E-state index in [0.717, 1.165) is 13.1 Å². The molecule has 4 nitrogen and oxygen atoms in total. The minimum absolute atomic E-state index is 0.0475. The molecule has 0 unspecified atom stereocenters. The standard InChI is InChI=1S/C14H22ClN3O/c1-11(2)10-18(9-8-17(3)4)14(19)12-6-5-7-16-13(12)15/h5-7,11H,8-10H2,1-4H3. The van der Waals surface area contributed by atoms with Gasteiger partial charge in [-0.15, -0.1) is 0 Å². The summed E-state index contributed by atoms with van der Waals surface area (Å²) in [5, 5.41) is 0.270. The van der Waals surface area contributed by atoms with Gasteiger partial charge in [-0.2, -0.15) is 0 Å². The van der Waals surface area contributed by atoms with Crippen LogP contribution in [0.25, 0.3) is 0 Å². The average Bonchev–Trinajstić information content (AvgIpc) is 2.33. The minimum Gasteiger partial charge on any atom is -0.337 e. The minimum atomic E-state index is -0.0475. The van der Waals surface area contributed by atoms with Crippen LogP contribution in [0.2, 0.25) is 5.15 Å². The molecule has 0 bridgehead atoms. The highest BCUT2D eigenvalue weighted by Gasteiger charge is 2.19. The van der Waals surface area contributed by atoms with Crippen LogP contribution in [0.15, 0.2) is 18.3 Å². The third-order valence-electron chi connectivity index (χ3n) is 2.68. The van der Waals surface area contributed by atoms with Crippen molar-refractivity contribution in [3.05, 3.63) is 29.0 Å². The fourth-order valence-electron chi connectivity index (χ4n) is 1.75. The lowest BCUT2D eigenvalue weighted by atomic mass is 10.1. The van der Waals surface area contributed by atoms with Crippen molar-refractivity contribution in [1.29, 1.82) is 0 Å². The Hall–Kier alpha value is -1.13. The van der Waals surface area contributed by atoms with E-state index >= 15 is 0 Å². The first-order chi connectivity index (χ1) is 8.91. The quantitative estimate of drug-likeness (QED) is 0.752. The van der Waals surface area contributed by atoms with Crippen molar-refractivity contribution in [3.63, 3.8) is 0 Å². The van der Waals surface area contributed by atoms with Gasteiger partial charge in [0, 0.05) is 25.8 Å². The van der Waals surface area contributed by atoms with E-state index in [9.17, 15) is 4.79 Å². The molecule has 0 aliphatic carbocycles. The van der Waals surface area contributed by atoms with E-state index in [1.54, 1.807) is 18.3 Å². The number of amides is 1. The maximum absolute atomic E-state index is 12.5. The van der Waals surface area contributed by atoms with Crippen LogP contribution < -0.4 is 0 Å². The zero-order valence-corrected chi connectivity index (χ0v) is 12.8. The van der Waals surface area contributed by atoms with Crippen molar-refractivity contribution in [1.82, 2.24) is 14.8 Å². The Morgan fingerprint density at radius 3 is 2.58 bits per heavy atom. The summed E-state index contributed by atoms with van der Waals surface area (Å²) in [4.78, 5) is 20.4. The van der Waals surface area contributed by atoms with Crippen LogP contribution in [0.1, 0.15) is 24.2 Å². The molecule has 0 fully saturated rings. The molecule has 0 aromatic carbocycles. The molecule has 19 heavy (non-hydrogen) atoms. The Kier molecular flexibility index (Phi) is 6.25. The summed E-state index contributed by atoms with van der Waals surface area (Å²) in [6.07, 6.45) is 1.59. The van der Waals surface area contributed by atoms with Gasteiger partial charge in [0.15, 0.2) is 0 Å². The summed E-state index contributed by atoms with van der Waals surface area (Å²) in [7, 11) is 3.99. The molecule has 0 N–H and O–H groups in total. The molecule has 5 heteroatoms. The van der Waals surface area contributed by atoms with Crippen LogP contribution in [0, 0.1) is 5.92 Å². The van der Waals surface area contributed by atoms with Gasteiger partial charge >= 0.3 is 0 Å². The molecule has 106 valence electrons. The number of pyridine rings is 1. The molecule has 1 amide bonds. The molecular weight excluding hydrogens is 262 g/mol. The van der Waals surface area contributed by atoms with Crippen LogP contribution in [0.4, 0.5) is 0 Å². The smallest absolute Gasteiger partial charge is 0.257 e. The van der Waals surface area contributed by atoms with Crippen molar-refractivity contribution >= 4 is 17.5 Å². The predicted molar refractivity (Wildman–Crippen MR) is 78.5 cm³/mol. The number of hydrogen-bond acceptors (Lipinski definition) is 3. The van der Waals surface area contributed by atoms with Crippen LogP contribution >= 0.6 is 11.6 Å². The topological polar surface area (TPSA) is 36.4 Å². The van der Waals surface area contributed by atoms with Crippen molar-refractivity contribution in [2.24, 2.45) is 5.92 Å². The summed E-state index contributed by atoms with van der Waals surface area (Å²) in [6, 6.07) is 3.46. The summed E-state index contributed by atoms with van der Waals surface area (Å²) in [6.45, 7) is 6.44. The zero-order chi connectivity index (χ0) is 14.4. The lowest BCUT2D eigenvalue weighted by molar-refractivity contribution is 0.0724. The summed E-state index contributed by atoms with van der Waals surface area (Å²) >= 11 is 5.99. The first-order valence-corrected chi connectivity index (χ1v) is 6.84. The number of aromatic nitrogens is 1. The van der Waals surface area contributed by atoms with Gasteiger partial charge in [-0.3, -0.25) is 4.79 Å². The maximum Gasteiger partial charge on any atom is 0.257 e. The van der Waals surface area contributed by atoms with Crippen LogP contribution in [0.5, 0.6) is 0 Å². The van der Waals surface area contributed by atoms with Gasteiger partial charge < -0.3 is 9.80 Å². The Morgan fingerprint density at radius 2 is 2.05 bits per heavy atom. The highest BCUT2D eigenvalue weighted by Crippen LogP contribution is 2.15. The van der Waals surface area contributed by atoms with Crippen molar-refractivity contribution in [2.75, 3.05) is 33.7 Å². The molecule has 1 aromatic heterocycles. The average molecular weight is 284 g/mol. The fraction of sp³-hybridized carbons (Fsp3) is 0.571. The van der Waals surface area contributed by atoms with E-state index in [1.165, 1.54) is 0 Å². The number of nitrogens with zero attached hydrogens (tertiary/aromatic N) is 3. The molecule has 0 atom stereocenters. The predicted octanol–water partition coefficient (Wildman–Crippen LogP) is 2.39. The number of carbonyl (C=O) groups is 1. The maximum atomic E-state index is 12.5. The molecule has 0 aliphatic heterocycles. The Labute approximate surface area is 120 Å². The molecule has 1 rings (SSSR count). The second-order valence-electron chi connectivity index (χ2n) is 5.29. The van der Waals surface area contributed by atoms with E-state index in [2.05, 4.69) is 23.7 Å². The van der Waals surface area contributed by atoms with E-state index in [0.29, 0.717) is 18.0 Å². The second-order valence-corrected chi connectivity index (χ2v) is 5.65. The van der Waals surface area contributed by atoms with Gasteiger partial charge in [-0.05, 0) is 32.1 Å². The Balaban J connectivity index is 2.84. The van der Waals surface area contributed by atoms with Gasteiger partial charge in [0.1, 0.15) is 5.15 Å². The molecule has 1 heterocycles. The fourth-order valence-corrected chi connectivity index (χ4v) is 1.95. The molecule has 1 aromatic rings. The molecule has 0 saturated heterocycles. The second kappa shape index (κ2) is 7.46. The molecule has 0 saturated carbocycles. The first kappa shape index (κ1) is 15.9. The van der Waals surface area contributed by atoms with Gasteiger partial charge in [0.05, 0.1) is 5.56 Å². The lowest BCUT2D eigenvalue weighted by Gasteiger charge is -2.26.